The Balaban J connectivity index is 1.97. The van der Waals surface area contributed by atoms with E-state index in [1.165, 1.54) is 0 Å². The number of hydrogen-bond acceptors (Lipinski definition) is 3. The Hall–Kier alpha value is -2.47. The van der Waals surface area contributed by atoms with Gasteiger partial charge >= 0.3 is 0 Å². The van der Waals surface area contributed by atoms with Gasteiger partial charge in [0.2, 0.25) is 0 Å². The van der Waals surface area contributed by atoms with Crippen molar-refractivity contribution in [1.29, 1.82) is 0 Å². The van der Waals surface area contributed by atoms with Gasteiger partial charge in [-0.05, 0) is 28.1 Å². The Bertz CT molecular complexity index is 1210. The second kappa shape index (κ2) is 8.72. The third-order valence-corrected chi connectivity index (χ3v) is 6.14. The van der Waals surface area contributed by atoms with Crippen LogP contribution in [0.4, 0.5) is 0 Å². The smallest absolute Gasteiger partial charge is 0.142 e. The van der Waals surface area contributed by atoms with E-state index in [1.54, 1.807) is 20.3 Å². The monoisotopic (exact) mass is 502 g/mol. The van der Waals surface area contributed by atoms with Crippen LogP contribution in [0.15, 0.2) is 65.1 Å². The van der Waals surface area contributed by atoms with Crippen molar-refractivity contribution < 1.29 is 9.47 Å². The first-order chi connectivity index (χ1) is 14.5. The minimum absolute atomic E-state index is 0.467. The van der Waals surface area contributed by atoms with Crippen molar-refractivity contribution in [2.75, 3.05) is 14.2 Å². The Morgan fingerprint density at radius 1 is 0.867 bits per heavy atom. The van der Waals surface area contributed by atoms with E-state index >= 15 is 0 Å². The number of nitrogens with one attached hydrogen (secondary N) is 1. The van der Waals surface area contributed by atoms with Gasteiger partial charge < -0.3 is 14.5 Å². The number of imidazole rings is 1. The number of aromatic nitrogens is 2. The lowest BCUT2D eigenvalue weighted by molar-refractivity contribution is 0.393. The summed E-state index contributed by atoms with van der Waals surface area (Å²) in [7, 11) is 3.22. The van der Waals surface area contributed by atoms with E-state index in [-0.39, 0.29) is 0 Å². The number of nitrogens with zero attached hydrogens (tertiary/aromatic N) is 1. The molecule has 30 heavy (non-hydrogen) atoms. The number of methoxy groups -OCH3 is 2. The van der Waals surface area contributed by atoms with Crippen LogP contribution in [0.25, 0.3) is 33.9 Å². The molecule has 0 aliphatic heterocycles. The fourth-order valence-electron chi connectivity index (χ4n) is 3.24. The maximum atomic E-state index is 6.54. The maximum absolute atomic E-state index is 6.54. The molecule has 1 N–H and O–H groups in total. The topological polar surface area (TPSA) is 47.1 Å². The molecular weight excluding hydrogens is 487 g/mol. The van der Waals surface area contributed by atoms with Crippen LogP contribution in [0.3, 0.4) is 0 Å². The van der Waals surface area contributed by atoms with Crippen LogP contribution in [0.2, 0.25) is 10.0 Å². The van der Waals surface area contributed by atoms with E-state index in [9.17, 15) is 0 Å². The summed E-state index contributed by atoms with van der Waals surface area (Å²) in [6.45, 7) is 0. The zero-order valence-corrected chi connectivity index (χ0v) is 19.3. The minimum Gasteiger partial charge on any atom is -0.496 e. The lowest BCUT2D eigenvalue weighted by Gasteiger charge is -2.10. The van der Waals surface area contributed by atoms with Crippen LogP contribution < -0.4 is 9.47 Å². The predicted molar refractivity (Wildman–Crippen MR) is 126 cm³/mol. The average molecular weight is 504 g/mol. The first-order valence-corrected chi connectivity index (χ1v) is 10.6. The van der Waals surface area contributed by atoms with E-state index < -0.39 is 0 Å². The normalized spacial score (nSPS) is 10.8. The molecule has 0 amide bonds. The fraction of sp³-hybridized carbons (Fsp3) is 0.0870. The molecule has 0 atom stereocenters. The highest BCUT2D eigenvalue weighted by atomic mass is 79.9. The molecule has 0 fully saturated rings. The summed E-state index contributed by atoms with van der Waals surface area (Å²) in [5.41, 5.74) is 4.05. The number of rotatable bonds is 5. The number of aromatic amines is 1. The Morgan fingerprint density at radius 2 is 1.60 bits per heavy atom. The summed E-state index contributed by atoms with van der Waals surface area (Å²) in [6, 6.07) is 19.2. The van der Waals surface area contributed by atoms with Crippen LogP contribution >= 0.6 is 39.1 Å². The molecule has 0 saturated carbocycles. The molecule has 0 aliphatic carbocycles. The van der Waals surface area contributed by atoms with Crippen LogP contribution in [-0.2, 0) is 0 Å². The summed E-state index contributed by atoms with van der Waals surface area (Å²) < 4.78 is 11.8. The van der Waals surface area contributed by atoms with Gasteiger partial charge in [-0.15, -0.1) is 0 Å². The molecule has 4 nitrogen and oxygen atoms in total. The number of hydrogen-bond donors (Lipinski definition) is 1. The van der Waals surface area contributed by atoms with Gasteiger partial charge in [0.25, 0.3) is 0 Å². The third-order valence-electron chi connectivity index (χ3n) is 4.70. The largest absolute Gasteiger partial charge is 0.496 e. The summed E-state index contributed by atoms with van der Waals surface area (Å²) in [6.07, 6.45) is 0. The SMILES string of the molecule is COc1cc(OC)c(-c2nc(-c3ccccc3)c(-c3cccc(Cl)c3Cl)[nH]2)cc1Br. The zero-order valence-electron chi connectivity index (χ0n) is 16.2. The molecule has 4 aromatic rings. The van der Waals surface area contributed by atoms with Gasteiger partial charge in [-0.25, -0.2) is 4.98 Å². The molecule has 0 aliphatic rings. The first-order valence-electron chi connectivity index (χ1n) is 9.05. The molecule has 1 aromatic heterocycles. The Morgan fingerprint density at radius 3 is 2.30 bits per heavy atom. The highest BCUT2D eigenvalue weighted by molar-refractivity contribution is 9.10. The molecule has 3 aromatic carbocycles. The predicted octanol–water partition coefficient (Wildman–Crippen LogP) is 7.50. The first kappa shape index (κ1) is 20.8. The average Bonchev–Trinajstić information content (AvgIpc) is 3.21. The van der Waals surface area contributed by atoms with Gasteiger partial charge in [-0.2, -0.15) is 0 Å². The van der Waals surface area contributed by atoms with E-state index in [0.717, 1.165) is 32.6 Å². The Labute approximate surface area is 192 Å². The summed E-state index contributed by atoms with van der Waals surface area (Å²) in [5.74, 6) is 1.94. The van der Waals surface area contributed by atoms with Crippen molar-refractivity contribution >= 4 is 39.1 Å². The van der Waals surface area contributed by atoms with Crippen molar-refractivity contribution in [3.63, 3.8) is 0 Å². The number of ether oxygens (including phenoxy) is 2. The van der Waals surface area contributed by atoms with E-state index in [2.05, 4.69) is 20.9 Å². The van der Waals surface area contributed by atoms with E-state index in [4.69, 9.17) is 37.7 Å². The van der Waals surface area contributed by atoms with Gasteiger partial charge in [0, 0.05) is 17.2 Å². The molecule has 4 rings (SSSR count). The van der Waals surface area contributed by atoms with Gasteiger partial charge in [-0.3, -0.25) is 0 Å². The minimum atomic E-state index is 0.467. The molecular formula is C23H17BrCl2N2O2. The van der Waals surface area contributed by atoms with Crippen LogP contribution in [-0.4, -0.2) is 24.2 Å². The van der Waals surface area contributed by atoms with Crippen molar-refractivity contribution in [3.8, 4) is 45.4 Å². The molecule has 152 valence electrons. The maximum Gasteiger partial charge on any atom is 0.142 e. The van der Waals surface area contributed by atoms with Gasteiger partial charge in [0.1, 0.15) is 17.3 Å². The third kappa shape index (κ3) is 3.81. The van der Waals surface area contributed by atoms with Crippen molar-refractivity contribution in [3.05, 3.63) is 75.2 Å². The molecule has 0 unspecified atom stereocenters. The highest BCUT2D eigenvalue weighted by Gasteiger charge is 2.21. The lowest BCUT2D eigenvalue weighted by Crippen LogP contribution is -1.93. The number of halogens is 3. The lowest BCUT2D eigenvalue weighted by atomic mass is 10.1. The zero-order chi connectivity index (χ0) is 21.3. The molecule has 7 heteroatoms. The summed E-state index contributed by atoms with van der Waals surface area (Å²) >= 11 is 16.4. The molecule has 0 saturated heterocycles. The number of benzene rings is 3. The van der Waals surface area contributed by atoms with Gasteiger partial charge in [0.05, 0.1) is 45.7 Å². The second-order valence-corrected chi connectivity index (χ2v) is 8.10. The number of H-pyrrole nitrogens is 1. The summed E-state index contributed by atoms with van der Waals surface area (Å²) in [4.78, 5) is 8.33. The fourth-order valence-corrected chi connectivity index (χ4v) is 4.14. The van der Waals surface area contributed by atoms with Crippen molar-refractivity contribution in [2.45, 2.75) is 0 Å². The van der Waals surface area contributed by atoms with Gasteiger partial charge in [-0.1, -0.05) is 65.7 Å². The van der Waals surface area contributed by atoms with Gasteiger partial charge in [0.15, 0.2) is 0 Å². The second-order valence-electron chi connectivity index (χ2n) is 6.46. The van der Waals surface area contributed by atoms with Crippen LogP contribution in [0.5, 0.6) is 11.5 Å². The molecule has 1 heterocycles. The molecule has 0 radical (unpaired) electrons. The van der Waals surface area contributed by atoms with Crippen molar-refractivity contribution in [1.82, 2.24) is 9.97 Å². The van der Waals surface area contributed by atoms with E-state index in [0.29, 0.717) is 27.4 Å². The van der Waals surface area contributed by atoms with Crippen molar-refractivity contribution in [2.24, 2.45) is 0 Å². The molecule has 0 spiro atoms. The van der Waals surface area contributed by atoms with Crippen LogP contribution in [0, 0.1) is 0 Å². The van der Waals surface area contributed by atoms with Crippen LogP contribution in [0.1, 0.15) is 0 Å². The van der Waals surface area contributed by atoms with E-state index in [1.807, 2.05) is 54.6 Å². The standard InChI is InChI=1S/C23H17BrCl2N2O2/c1-29-18-12-19(30-2)16(24)11-15(18)23-27-21(13-7-4-3-5-8-13)22(28-23)14-9-6-10-17(25)20(14)26/h3-12H,1-2H3,(H,27,28). The highest BCUT2D eigenvalue weighted by Crippen LogP contribution is 2.42. The Kier molecular flexibility index (Phi) is 6.04. The molecule has 0 bridgehead atoms. The quantitative estimate of drug-likeness (QED) is 0.306. The summed E-state index contributed by atoms with van der Waals surface area (Å²) in [5, 5.41) is 0.948.